The molecule has 1 fully saturated rings. The monoisotopic (exact) mass is 218 g/mol. The highest BCUT2D eigenvalue weighted by Crippen LogP contribution is 2.42. The number of carboxylic acids is 1. The Labute approximate surface area is 96.3 Å². The molecule has 2 unspecified atom stereocenters. The van der Waals surface area contributed by atoms with Crippen molar-refractivity contribution in [1.29, 1.82) is 0 Å². The summed E-state index contributed by atoms with van der Waals surface area (Å²) in [6.07, 6.45) is 2.90. The van der Waals surface area contributed by atoms with E-state index in [9.17, 15) is 4.79 Å². The van der Waals surface area contributed by atoms with Crippen molar-refractivity contribution in [3.8, 4) is 0 Å². The van der Waals surface area contributed by atoms with Crippen molar-refractivity contribution in [3.63, 3.8) is 0 Å². The van der Waals surface area contributed by atoms with Crippen LogP contribution in [0.4, 0.5) is 0 Å². The number of benzene rings is 1. The number of hydrogen-bond acceptors (Lipinski definition) is 1. The molecule has 0 spiro atoms. The molecule has 0 amide bonds. The highest BCUT2D eigenvalue weighted by atomic mass is 16.4. The SMILES string of the molecule is Cc1cc(C)cc(CCC2CC2C(=O)O)c1. The van der Waals surface area contributed by atoms with E-state index in [1.807, 2.05) is 0 Å². The van der Waals surface area contributed by atoms with Gasteiger partial charge < -0.3 is 5.11 Å². The van der Waals surface area contributed by atoms with Gasteiger partial charge in [-0.3, -0.25) is 4.79 Å². The predicted molar refractivity (Wildman–Crippen MR) is 63.5 cm³/mol. The number of carbonyl (C=O) groups is 1. The molecular formula is C14H18O2. The summed E-state index contributed by atoms with van der Waals surface area (Å²) in [5.41, 5.74) is 3.93. The quantitative estimate of drug-likeness (QED) is 0.843. The van der Waals surface area contributed by atoms with E-state index in [2.05, 4.69) is 32.0 Å². The summed E-state index contributed by atoms with van der Waals surface area (Å²) >= 11 is 0. The van der Waals surface area contributed by atoms with Crippen LogP contribution < -0.4 is 0 Å². The second-order valence-corrected chi connectivity index (χ2v) is 4.98. The Balaban J connectivity index is 1.89. The zero-order valence-corrected chi connectivity index (χ0v) is 9.86. The van der Waals surface area contributed by atoms with Gasteiger partial charge in [0.25, 0.3) is 0 Å². The molecule has 2 atom stereocenters. The zero-order valence-electron chi connectivity index (χ0n) is 9.86. The third kappa shape index (κ3) is 2.63. The van der Waals surface area contributed by atoms with Crippen LogP contribution in [0.15, 0.2) is 18.2 Å². The van der Waals surface area contributed by atoms with E-state index in [-0.39, 0.29) is 5.92 Å². The summed E-state index contributed by atoms with van der Waals surface area (Å²) < 4.78 is 0. The van der Waals surface area contributed by atoms with Gasteiger partial charge in [0.2, 0.25) is 0 Å². The minimum absolute atomic E-state index is 0.0640. The van der Waals surface area contributed by atoms with Gasteiger partial charge in [-0.1, -0.05) is 29.3 Å². The van der Waals surface area contributed by atoms with E-state index in [0.717, 1.165) is 19.3 Å². The molecule has 1 aromatic carbocycles. The standard InChI is InChI=1S/C14H18O2/c1-9-5-10(2)7-11(6-9)3-4-12-8-13(12)14(15)16/h5-7,12-13H,3-4,8H2,1-2H3,(H,15,16). The summed E-state index contributed by atoms with van der Waals surface area (Å²) in [5.74, 6) is -0.269. The van der Waals surface area contributed by atoms with Crippen molar-refractivity contribution in [2.75, 3.05) is 0 Å². The molecule has 1 aliphatic carbocycles. The van der Waals surface area contributed by atoms with E-state index < -0.39 is 5.97 Å². The Hall–Kier alpha value is -1.31. The zero-order chi connectivity index (χ0) is 11.7. The Morgan fingerprint density at radius 1 is 1.31 bits per heavy atom. The van der Waals surface area contributed by atoms with Crippen molar-refractivity contribution >= 4 is 5.97 Å². The fraction of sp³-hybridized carbons (Fsp3) is 0.500. The van der Waals surface area contributed by atoms with Crippen LogP contribution in [-0.2, 0) is 11.2 Å². The number of aliphatic carboxylic acids is 1. The number of carboxylic acid groups (broad SMARTS) is 1. The molecule has 0 bridgehead atoms. The number of aryl methyl sites for hydroxylation is 3. The maximum absolute atomic E-state index is 10.7. The smallest absolute Gasteiger partial charge is 0.306 e. The molecule has 0 radical (unpaired) electrons. The Bertz CT molecular complexity index is 389. The van der Waals surface area contributed by atoms with Crippen LogP contribution in [0, 0.1) is 25.7 Å². The van der Waals surface area contributed by atoms with Gasteiger partial charge >= 0.3 is 5.97 Å². The highest BCUT2D eigenvalue weighted by Gasteiger charge is 2.42. The van der Waals surface area contributed by atoms with Gasteiger partial charge in [-0.05, 0) is 44.6 Å². The summed E-state index contributed by atoms with van der Waals surface area (Å²) in [6.45, 7) is 4.21. The molecule has 2 rings (SSSR count). The first-order chi connectivity index (χ1) is 7.56. The highest BCUT2D eigenvalue weighted by molar-refractivity contribution is 5.73. The van der Waals surface area contributed by atoms with Crippen molar-refractivity contribution < 1.29 is 9.90 Å². The van der Waals surface area contributed by atoms with Crippen LogP contribution in [0.2, 0.25) is 0 Å². The van der Waals surface area contributed by atoms with Gasteiger partial charge in [0, 0.05) is 0 Å². The third-order valence-corrected chi connectivity index (χ3v) is 3.33. The summed E-state index contributed by atoms with van der Waals surface area (Å²) in [4.78, 5) is 10.7. The second-order valence-electron chi connectivity index (χ2n) is 4.98. The van der Waals surface area contributed by atoms with Crippen LogP contribution in [0.1, 0.15) is 29.5 Å². The molecule has 0 aromatic heterocycles. The van der Waals surface area contributed by atoms with Crippen molar-refractivity contribution in [1.82, 2.24) is 0 Å². The van der Waals surface area contributed by atoms with E-state index in [1.165, 1.54) is 16.7 Å². The molecule has 16 heavy (non-hydrogen) atoms. The molecule has 1 aromatic rings. The van der Waals surface area contributed by atoms with Gasteiger partial charge in [-0.25, -0.2) is 0 Å². The Morgan fingerprint density at radius 3 is 2.44 bits per heavy atom. The molecule has 86 valence electrons. The van der Waals surface area contributed by atoms with Crippen molar-refractivity contribution in [2.45, 2.75) is 33.1 Å². The van der Waals surface area contributed by atoms with Crippen LogP contribution in [0.3, 0.4) is 0 Å². The molecule has 2 heteroatoms. The summed E-state index contributed by atoms with van der Waals surface area (Å²) in [7, 11) is 0. The first kappa shape index (κ1) is 11.2. The molecule has 1 saturated carbocycles. The molecule has 1 aliphatic rings. The molecular weight excluding hydrogens is 200 g/mol. The first-order valence-corrected chi connectivity index (χ1v) is 5.86. The minimum Gasteiger partial charge on any atom is -0.481 e. The lowest BCUT2D eigenvalue weighted by molar-refractivity contribution is -0.138. The largest absolute Gasteiger partial charge is 0.481 e. The summed E-state index contributed by atoms with van der Waals surface area (Å²) in [6, 6.07) is 6.57. The molecule has 0 aliphatic heterocycles. The van der Waals surface area contributed by atoms with E-state index in [1.54, 1.807) is 0 Å². The lowest BCUT2D eigenvalue weighted by Gasteiger charge is -2.04. The lowest BCUT2D eigenvalue weighted by atomic mass is 10.0. The average molecular weight is 218 g/mol. The van der Waals surface area contributed by atoms with Crippen LogP contribution in [0.25, 0.3) is 0 Å². The van der Waals surface area contributed by atoms with Crippen LogP contribution in [-0.4, -0.2) is 11.1 Å². The molecule has 0 saturated heterocycles. The Morgan fingerprint density at radius 2 is 1.94 bits per heavy atom. The third-order valence-electron chi connectivity index (χ3n) is 3.33. The van der Waals surface area contributed by atoms with E-state index in [4.69, 9.17) is 5.11 Å². The predicted octanol–water partition coefficient (Wildman–Crippen LogP) is 2.96. The van der Waals surface area contributed by atoms with Crippen LogP contribution in [0.5, 0.6) is 0 Å². The van der Waals surface area contributed by atoms with Gasteiger partial charge in [-0.15, -0.1) is 0 Å². The maximum Gasteiger partial charge on any atom is 0.306 e. The Kier molecular flexibility index (Phi) is 2.99. The summed E-state index contributed by atoms with van der Waals surface area (Å²) in [5, 5.41) is 8.81. The van der Waals surface area contributed by atoms with Gasteiger partial charge in [0.05, 0.1) is 5.92 Å². The van der Waals surface area contributed by atoms with E-state index >= 15 is 0 Å². The number of rotatable bonds is 4. The molecule has 2 nitrogen and oxygen atoms in total. The minimum atomic E-state index is -0.620. The first-order valence-electron chi connectivity index (χ1n) is 5.86. The fourth-order valence-corrected chi connectivity index (χ4v) is 2.43. The topological polar surface area (TPSA) is 37.3 Å². The van der Waals surface area contributed by atoms with Crippen LogP contribution >= 0.6 is 0 Å². The fourth-order valence-electron chi connectivity index (χ4n) is 2.43. The average Bonchev–Trinajstić information content (AvgIpc) is 2.92. The lowest BCUT2D eigenvalue weighted by Crippen LogP contribution is -2.00. The van der Waals surface area contributed by atoms with Crippen molar-refractivity contribution in [2.24, 2.45) is 11.8 Å². The molecule has 0 heterocycles. The number of hydrogen-bond donors (Lipinski definition) is 1. The van der Waals surface area contributed by atoms with Gasteiger partial charge in [0.15, 0.2) is 0 Å². The van der Waals surface area contributed by atoms with Crippen molar-refractivity contribution in [3.05, 3.63) is 34.9 Å². The maximum atomic E-state index is 10.7. The molecule has 1 N–H and O–H groups in total. The van der Waals surface area contributed by atoms with Gasteiger partial charge in [-0.2, -0.15) is 0 Å². The second kappa shape index (κ2) is 4.28. The normalized spacial score (nSPS) is 23.1. The van der Waals surface area contributed by atoms with Gasteiger partial charge in [0.1, 0.15) is 0 Å². The van der Waals surface area contributed by atoms with E-state index in [0.29, 0.717) is 5.92 Å².